The van der Waals surface area contributed by atoms with E-state index < -0.39 is 0 Å². The molecule has 1 aliphatic heterocycles. The molecule has 2 N–H and O–H groups in total. The Morgan fingerprint density at radius 2 is 2.14 bits per heavy atom. The van der Waals surface area contributed by atoms with Crippen LogP contribution < -0.4 is 10.6 Å². The highest BCUT2D eigenvalue weighted by Crippen LogP contribution is 2.01. The topological polar surface area (TPSA) is 44.4 Å². The summed E-state index contributed by atoms with van der Waals surface area (Å²) in [7, 11) is 0. The highest BCUT2D eigenvalue weighted by Gasteiger charge is 2.17. The normalized spacial score (nSPS) is 20.4. The van der Waals surface area contributed by atoms with Crippen molar-refractivity contribution in [3.05, 3.63) is 0 Å². The quantitative estimate of drug-likeness (QED) is 0.651. The van der Waals surface area contributed by atoms with E-state index in [0.717, 1.165) is 39.3 Å². The second-order valence-corrected chi connectivity index (χ2v) is 3.85. The van der Waals surface area contributed by atoms with Crippen LogP contribution in [-0.4, -0.2) is 50.1 Å². The van der Waals surface area contributed by atoms with Crippen molar-refractivity contribution in [1.82, 2.24) is 15.5 Å². The molecule has 0 aliphatic carbocycles. The molecule has 1 unspecified atom stereocenters. The molecule has 0 aromatic rings. The van der Waals surface area contributed by atoms with Crippen molar-refractivity contribution in [2.24, 2.45) is 5.92 Å². The van der Waals surface area contributed by atoms with Crippen molar-refractivity contribution in [2.45, 2.75) is 13.8 Å². The molecule has 1 amide bonds. The number of carbonyl (C=O) groups excluding carboxylic acids is 1. The Hall–Kier alpha value is -0.610. The Bertz CT molecular complexity index is 178. The van der Waals surface area contributed by atoms with E-state index in [0.29, 0.717) is 0 Å². The molecule has 4 nitrogen and oxygen atoms in total. The van der Waals surface area contributed by atoms with Gasteiger partial charge in [0.2, 0.25) is 5.91 Å². The van der Waals surface area contributed by atoms with Gasteiger partial charge in [0.15, 0.2) is 0 Å². The fourth-order valence-corrected chi connectivity index (χ4v) is 1.71. The van der Waals surface area contributed by atoms with Crippen molar-refractivity contribution in [1.29, 1.82) is 0 Å². The first-order valence-corrected chi connectivity index (χ1v) is 5.44. The number of nitrogens with zero attached hydrogens (tertiary/aromatic N) is 1. The van der Waals surface area contributed by atoms with Crippen LogP contribution in [0.2, 0.25) is 0 Å². The fourth-order valence-electron chi connectivity index (χ4n) is 1.71. The maximum atomic E-state index is 11.5. The molecule has 4 heteroatoms. The van der Waals surface area contributed by atoms with Gasteiger partial charge in [0, 0.05) is 45.2 Å². The number of carbonyl (C=O) groups is 1. The molecule has 0 aromatic carbocycles. The third kappa shape index (κ3) is 3.64. The van der Waals surface area contributed by atoms with Gasteiger partial charge in [0.05, 0.1) is 0 Å². The van der Waals surface area contributed by atoms with E-state index in [-0.39, 0.29) is 11.8 Å². The Balaban J connectivity index is 2.24. The number of nitrogens with one attached hydrogen (secondary N) is 2. The first-order chi connectivity index (χ1) is 6.74. The molecule has 1 heterocycles. The largest absolute Gasteiger partial charge is 0.356 e. The minimum Gasteiger partial charge on any atom is -0.356 e. The van der Waals surface area contributed by atoms with Crippen LogP contribution in [0.4, 0.5) is 0 Å². The fraction of sp³-hybridized carbons (Fsp3) is 0.900. The average Bonchev–Trinajstić information content (AvgIpc) is 2.19. The molecule has 0 saturated carbocycles. The smallest absolute Gasteiger partial charge is 0.224 e. The summed E-state index contributed by atoms with van der Waals surface area (Å²) < 4.78 is 0. The van der Waals surface area contributed by atoms with E-state index >= 15 is 0 Å². The average molecular weight is 199 g/mol. The predicted molar refractivity (Wildman–Crippen MR) is 57.2 cm³/mol. The lowest BCUT2D eigenvalue weighted by Crippen LogP contribution is -2.47. The molecule has 1 fully saturated rings. The first-order valence-electron chi connectivity index (χ1n) is 5.44. The molecule has 14 heavy (non-hydrogen) atoms. The van der Waals surface area contributed by atoms with Crippen LogP contribution in [0, 0.1) is 5.92 Å². The van der Waals surface area contributed by atoms with Crippen LogP contribution >= 0.6 is 0 Å². The van der Waals surface area contributed by atoms with Gasteiger partial charge in [0.1, 0.15) is 0 Å². The summed E-state index contributed by atoms with van der Waals surface area (Å²) in [6.45, 7) is 9.76. The highest BCUT2D eigenvalue weighted by molar-refractivity contribution is 5.78. The van der Waals surface area contributed by atoms with Gasteiger partial charge in [-0.25, -0.2) is 0 Å². The maximum Gasteiger partial charge on any atom is 0.224 e. The van der Waals surface area contributed by atoms with Crippen LogP contribution in [0.3, 0.4) is 0 Å². The van der Waals surface area contributed by atoms with Gasteiger partial charge in [-0.05, 0) is 6.92 Å². The monoisotopic (exact) mass is 199 g/mol. The minimum atomic E-state index is 0.105. The summed E-state index contributed by atoms with van der Waals surface area (Å²) in [6, 6.07) is 0. The first kappa shape index (κ1) is 11.5. The molecule has 82 valence electrons. The Morgan fingerprint density at radius 3 is 2.71 bits per heavy atom. The van der Waals surface area contributed by atoms with Crippen LogP contribution in [-0.2, 0) is 4.79 Å². The lowest BCUT2D eigenvalue weighted by Gasteiger charge is -2.29. The van der Waals surface area contributed by atoms with E-state index in [9.17, 15) is 4.79 Å². The van der Waals surface area contributed by atoms with Gasteiger partial charge in [0.25, 0.3) is 0 Å². The van der Waals surface area contributed by atoms with Crippen molar-refractivity contribution >= 4 is 5.91 Å². The third-order valence-corrected chi connectivity index (χ3v) is 2.54. The van der Waals surface area contributed by atoms with Crippen LogP contribution in [0.15, 0.2) is 0 Å². The van der Waals surface area contributed by atoms with E-state index in [1.54, 1.807) is 0 Å². The summed E-state index contributed by atoms with van der Waals surface area (Å²) in [6.07, 6.45) is 0. The Morgan fingerprint density at radius 1 is 1.50 bits per heavy atom. The summed E-state index contributed by atoms with van der Waals surface area (Å²) >= 11 is 0. The van der Waals surface area contributed by atoms with E-state index in [1.807, 2.05) is 13.8 Å². The zero-order valence-electron chi connectivity index (χ0n) is 9.18. The number of rotatable bonds is 4. The van der Waals surface area contributed by atoms with Crippen molar-refractivity contribution < 1.29 is 4.79 Å². The zero-order chi connectivity index (χ0) is 10.4. The number of amides is 1. The SMILES string of the molecule is CCNC(=O)C(C)CN1CCNCC1. The van der Waals surface area contributed by atoms with E-state index in [2.05, 4.69) is 15.5 Å². The number of hydrogen-bond donors (Lipinski definition) is 2. The van der Waals surface area contributed by atoms with E-state index in [4.69, 9.17) is 0 Å². The summed E-state index contributed by atoms with van der Waals surface area (Å²) in [5.41, 5.74) is 0. The van der Waals surface area contributed by atoms with Gasteiger partial charge in [-0.2, -0.15) is 0 Å². The highest BCUT2D eigenvalue weighted by atomic mass is 16.1. The van der Waals surface area contributed by atoms with Gasteiger partial charge >= 0.3 is 0 Å². The minimum absolute atomic E-state index is 0.105. The molecular formula is C10H21N3O. The lowest BCUT2D eigenvalue weighted by atomic mass is 10.1. The van der Waals surface area contributed by atoms with Crippen LogP contribution in [0.5, 0.6) is 0 Å². The molecular weight excluding hydrogens is 178 g/mol. The second-order valence-electron chi connectivity index (χ2n) is 3.85. The summed E-state index contributed by atoms with van der Waals surface area (Å²) in [5.74, 6) is 0.277. The van der Waals surface area contributed by atoms with Gasteiger partial charge in [-0.3, -0.25) is 4.79 Å². The molecule has 1 rings (SSSR count). The standard InChI is InChI=1S/C10H21N3O/c1-3-12-10(14)9(2)8-13-6-4-11-5-7-13/h9,11H,3-8H2,1-2H3,(H,12,14). The molecule has 1 aliphatic rings. The molecule has 1 atom stereocenters. The number of piperazine rings is 1. The Labute approximate surface area is 86.0 Å². The second kappa shape index (κ2) is 5.98. The van der Waals surface area contributed by atoms with Crippen molar-refractivity contribution in [3.8, 4) is 0 Å². The summed E-state index contributed by atoms with van der Waals surface area (Å²) in [4.78, 5) is 13.8. The van der Waals surface area contributed by atoms with Crippen LogP contribution in [0.1, 0.15) is 13.8 Å². The van der Waals surface area contributed by atoms with E-state index in [1.165, 1.54) is 0 Å². The van der Waals surface area contributed by atoms with Crippen molar-refractivity contribution in [2.75, 3.05) is 39.3 Å². The predicted octanol–water partition coefficient (Wildman–Crippen LogP) is -0.336. The molecule has 0 aromatic heterocycles. The lowest BCUT2D eigenvalue weighted by molar-refractivity contribution is -0.125. The number of hydrogen-bond acceptors (Lipinski definition) is 3. The van der Waals surface area contributed by atoms with Crippen LogP contribution in [0.25, 0.3) is 0 Å². The molecule has 0 radical (unpaired) electrons. The Kier molecular flexibility index (Phi) is 4.90. The summed E-state index contributed by atoms with van der Waals surface area (Å²) in [5, 5.41) is 6.15. The third-order valence-electron chi connectivity index (χ3n) is 2.54. The van der Waals surface area contributed by atoms with Crippen molar-refractivity contribution in [3.63, 3.8) is 0 Å². The maximum absolute atomic E-state index is 11.5. The molecule has 0 spiro atoms. The van der Waals surface area contributed by atoms with Gasteiger partial charge < -0.3 is 15.5 Å². The van der Waals surface area contributed by atoms with Gasteiger partial charge in [-0.15, -0.1) is 0 Å². The molecule has 1 saturated heterocycles. The molecule has 0 bridgehead atoms. The zero-order valence-corrected chi connectivity index (χ0v) is 9.18. The van der Waals surface area contributed by atoms with Gasteiger partial charge in [-0.1, -0.05) is 6.92 Å².